The van der Waals surface area contributed by atoms with E-state index in [0.29, 0.717) is 30.2 Å². The van der Waals surface area contributed by atoms with E-state index in [-0.39, 0.29) is 18.4 Å². The summed E-state index contributed by atoms with van der Waals surface area (Å²) in [6.07, 6.45) is -0.603. The van der Waals surface area contributed by atoms with Crippen LogP contribution in [0, 0.1) is 0 Å². The SMILES string of the molecule is COC(=O)c1cccc(-c2cccc(NCCNC[C@H](O)c3cccc(Cl)c3)c2)c1.Cl. The zero-order valence-electron chi connectivity index (χ0n) is 17.2. The number of nitrogens with one attached hydrogen (secondary N) is 2. The summed E-state index contributed by atoms with van der Waals surface area (Å²) in [5.41, 5.74) is 4.26. The highest BCUT2D eigenvalue weighted by atomic mass is 35.5. The molecule has 1 atom stereocenters. The zero-order valence-corrected chi connectivity index (χ0v) is 18.7. The minimum Gasteiger partial charge on any atom is -0.465 e. The Morgan fingerprint density at radius 3 is 2.45 bits per heavy atom. The Bertz CT molecular complexity index is 998. The van der Waals surface area contributed by atoms with E-state index < -0.39 is 6.10 Å². The molecule has 0 aliphatic carbocycles. The van der Waals surface area contributed by atoms with Gasteiger partial charge in [0.1, 0.15) is 0 Å². The van der Waals surface area contributed by atoms with Crippen LogP contribution < -0.4 is 10.6 Å². The third-order valence-electron chi connectivity index (χ3n) is 4.68. The molecule has 0 aliphatic rings. The van der Waals surface area contributed by atoms with Gasteiger partial charge in [-0.2, -0.15) is 0 Å². The number of carbonyl (C=O) groups excluding carboxylic acids is 1. The Labute approximate surface area is 193 Å². The molecule has 164 valence electrons. The number of aliphatic hydroxyl groups excluding tert-OH is 1. The van der Waals surface area contributed by atoms with Gasteiger partial charge in [0, 0.05) is 30.3 Å². The number of rotatable bonds is 9. The quantitative estimate of drug-likeness (QED) is 0.311. The molecule has 0 heterocycles. The van der Waals surface area contributed by atoms with Crippen LogP contribution >= 0.6 is 24.0 Å². The lowest BCUT2D eigenvalue weighted by molar-refractivity contribution is 0.0601. The van der Waals surface area contributed by atoms with E-state index in [1.807, 2.05) is 54.6 Å². The lowest BCUT2D eigenvalue weighted by atomic mass is 10.0. The summed E-state index contributed by atoms with van der Waals surface area (Å²) in [6.45, 7) is 1.84. The summed E-state index contributed by atoms with van der Waals surface area (Å²) in [5.74, 6) is -0.350. The van der Waals surface area contributed by atoms with Crippen LogP contribution in [0.2, 0.25) is 5.02 Å². The molecule has 0 spiro atoms. The van der Waals surface area contributed by atoms with Crippen molar-refractivity contribution < 1.29 is 14.6 Å². The second-order valence-electron chi connectivity index (χ2n) is 6.85. The highest BCUT2D eigenvalue weighted by Crippen LogP contribution is 2.24. The lowest BCUT2D eigenvalue weighted by Gasteiger charge is -2.13. The summed E-state index contributed by atoms with van der Waals surface area (Å²) in [6, 6.07) is 22.6. The predicted molar refractivity (Wildman–Crippen MR) is 128 cm³/mol. The maximum Gasteiger partial charge on any atom is 0.337 e. The second kappa shape index (κ2) is 12.3. The predicted octanol–water partition coefficient (Wildman–Crippen LogP) is 4.95. The van der Waals surface area contributed by atoms with Gasteiger partial charge in [-0.25, -0.2) is 4.79 Å². The number of halogens is 2. The van der Waals surface area contributed by atoms with Crippen molar-refractivity contribution in [1.82, 2.24) is 5.32 Å². The standard InChI is InChI=1S/C24H25ClN2O3.ClH/c1-30-24(29)20-8-2-5-17(13-20)18-6-4-10-22(15-18)27-12-11-26-16-23(28)19-7-3-9-21(25)14-19;/h2-10,13-15,23,26-28H,11-12,16H2,1H3;1H/t23-;/m0./s1. The molecule has 0 radical (unpaired) electrons. The van der Waals surface area contributed by atoms with Crippen molar-refractivity contribution >= 4 is 35.7 Å². The van der Waals surface area contributed by atoms with Crippen LogP contribution in [0.4, 0.5) is 5.69 Å². The first kappa shape index (κ1) is 24.7. The topological polar surface area (TPSA) is 70.6 Å². The van der Waals surface area contributed by atoms with Gasteiger partial charge >= 0.3 is 5.97 Å². The second-order valence-corrected chi connectivity index (χ2v) is 7.29. The molecular formula is C24H26Cl2N2O3. The molecule has 0 amide bonds. The maximum atomic E-state index is 11.8. The minimum atomic E-state index is -0.603. The van der Waals surface area contributed by atoms with E-state index in [1.165, 1.54) is 7.11 Å². The van der Waals surface area contributed by atoms with Gasteiger partial charge in [-0.15, -0.1) is 12.4 Å². The molecular weight excluding hydrogens is 435 g/mol. The van der Waals surface area contributed by atoms with E-state index in [9.17, 15) is 9.90 Å². The van der Waals surface area contributed by atoms with E-state index in [0.717, 1.165) is 22.4 Å². The number of ether oxygens (including phenoxy) is 1. The monoisotopic (exact) mass is 460 g/mol. The van der Waals surface area contributed by atoms with Crippen molar-refractivity contribution in [3.05, 3.63) is 88.9 Å². The summed E-state index contributed by atoms with van der Waals surface area (Å²) in [7, 11) is 1.38. The molecule has 3 aromatic carbocycles. The summed E-state index contributed by atoms with van der Waals surface area (Å²) in [5, 5.41) is 17.5. The Morgan fingerprint density at radius 1 is 1.00 bits per heavy atom. The van der Waals surface area contributed by atoms with Crippen LogP contribution in [-0.4, -0.2) is 37.8 Å². The van der Waals surface area contributed by atoms with Gasteiger partial charge in [-0.3, -0.25) is 0 Å². The van der Waals surface area contributed by atoms with Gasteiger partial charge < -0.3 is 20.5 Å². The molecule has 3 N–H and O–H groups in total. The number of carbonyl (C=O) groups is 1. The first-order chi connectivity index (χ1) is 14.6. The number of esters is 1. The fraction of sp³-hybridized carbons (Fsp3) is 0.208. The van der Waals surface area contributed by atoms with Crippen molar-refractivity contribution in [3.8, 4) is 11.1 Å². The van der Waals surface area contributed by atoms with Gasteiger partial charge in [-0.1, -0.05) is 48.0 Å². The minimum absolute atomic E-state index is 0. The summed E-state index contributed by atoms with van der Waals surface area (Å²) < 4.78 is 4.80. The van der Waals surface area contributed by atoms with Crippen LogP contribution in [0.25, 0.3) is 11.1 Å². The van der Waals surface area contributed by atoms with Crippen LogP contribution in [0.3, 0.4) is 0 Å². The first-order valence-corrected chi connectivity index (χ1v) is 10.1. The smallest absolute Gasteiger partial charge is 0.337 e. The Balaban J connectivity index is 0.00000341. The Kier molecular flexibility index (Phi) is 9.82. The zero-order chi connectivity index (χ0) is 21.3. The van der Waals surface area contributed by atoms with Crippen LogP contribution in [-0.2, 0) is 4.74 Å². The third kappa shape index (κ3) is 7.26. The fourth-order valence-corrected chi connectivity index (χ4v) is 3.32. The number of anilines is 1. The van der Waals surface area contributed by atoms with E-state index in [1.54, 1.807) is 18.2 Å². The molecule has 7 heteroatoms. The number of methoxy groups -OCH3 is 1. The average Bonchev–Trinajstić information content (AvgIpc) is 2.78. The molecule has 3 aromatic rings. The van der Waals surface area contributed by atoms with Gasteiger partial charge in [0.25, 0.3) is 0 Å². The van der Waals surface area contributed by atoms with E-state index >= 15 is 0 Å². The van der Waals surface area contributed by atoms with Crippen molar-refractivity contribution in [1.29, 1.82) is 0 Å². The number of hydrogen-bond donors (Lipinski definition) is 3. The fourth-order valence-electron chi connectivity index (χ4n) is 3.12. The van der Waals surface area contributed by atoms with Crippen molar-refractivity contribution in [3.63, 3.8) is 0 Å². The lowest BCUT2D eigenvalue weighted by Crippen LogP contribution is -2.26. The van der Waals surface area contributed by atoms with Gasteiger partial charge in [0.05, 0.1) is 18.8 Å². The molecule has 0 aromatic heterocycles. The van der Waals surface area contributed by atoms with Crippen molar-refractivity contribution in [2.45, 2.75) is 6.10 Å². The molecule has 0 saturated heterocycles. The normalized spacial score (nSPS) is 11.3. The highest BCUT2D eigenvalue weighted by molar-refractivity contribution is 6.30. The highest BCUT2D eigenvalue weighted by Gasteiger charge is 2.08. The molecule has 31 heavy (non-hydrogen) atoms. The molecule has 3 rings (SSSR count). The first-order valence-electron chi connectivity index (χ1n) is 9.74. The molecule has 0 bridgehead atoms. The van der Waals surface area contributed by atoms with Crippen LogP contribution in [0.15, 0.2) is 72.8 Å². The third-order valence-corrected chi connectivity index (χ3v) is 4.92. The van der Waals surface area contributed by atoms with E-state index in [2.05, 4.69) is 10.6 Å². The van der Waals surface area contributed by atoms with Gasteiger partial charge in [0.15, 0.2) is 0 Å². The van der Waals surface area contributed by atoms with Gasteiger partial charge in [-0.05, 0) is 53.1 Å². The number of hydrogen-bond acceptors (Lipinski definition) is 5. The summed E-state index contributed by atoms with van der Waals surface area (Å²) >= 11 is 5.96. The van der Waals surface area contributed by atoms with Crippen LogP contribution in [0.1, 0.15) is 22.0 Å². The van der Waals surface area contributed by atoms with Crippen LogP contribution in [0.5, 0.6) is 0 Å². The average molecular weight is 461 g/mol. The molecule has 5 nitrogen and oxygen atoms in total. The van der Waals surface area contributed by atoms with Crippen molar-refractivity contribution in [2.75, 3.05) is 32.1 Å². The Hall–Kier alpha value is -2.57. The molecule has 0 fully saturated rings. The van der Waals surface area contributed by atoms with E-state index in [4.69, 9.17) is 16.3 Å². The number of aliphatic hydroxyl groups is 1. The van der Waals surface area contributed by atoms with Crippen molar-refractivity contribution in [2.24, 2.45) is 0 Å². The largest absolute Gasteiger partial charge is 0.465 e. The molecule has 0 unspecified atom stereocenters. The summed E-state index contributed by atoms with van der Waals surface area (Å²) in [4.78, 5) is 11.8. The number of benzene rings is 3. The Morgan fingerprint density at radius 2 is 1.71 bits per heavy atom. The van der Waals surface area contributed by atoms with Gasteiger partial charge in [0.2, 0.25) is 0 Å². The maximum absolute atomic E-state index is 11.8. The molecule has 0 aliphatic heterocycles. The molecule has 0 saturated carbocycles.